The average Bonchev–Trinajstić information content (AvgIpc) is 3.69. The smallest absolute Gasteiger partial charge is 0.235 e. The van der Waals surface area contributed by atoms with Crippen molar-refractivity contribution in [2.24, 2.45) is 0 Å². The highest BCUT2D eigenvalue weighted by molar-refractivity contribution is 7.26. The lowest BCUT2D eigenvalue weighted by atomic mass is 9.95. The van der Waals surface area contributed by atoms with E-state index in [0.29, 0.717) is 5.95 Å². The van der Waals surface area contributed by atoms with E-state index < -0.39 is 0 Å². The molecular weight excluding hydrogens is 579 g/mol. The van der Waals surface area contributed by atoms with Gasteiger partial charge in [-0.1, -0.05) is 127 Å². The maximum Gasteiger partial charge on any atom is 0.235 e. The van der Waals surface area contributed by atoms with E-state index in [1.165, 1.54) is 52.5 Å². The summed E-state index contributed by atoms with van der Waals surface area (Å²) in [4.78, 5) is 10.7. The van der Waals surface area contributed by atoms with E-state index in [9.17, 15) is 0 Å². The van der Waals surface area contributed by atoms with Gasteiger partial charge in [-0.05, 0) is 40.4 Å². The molecule has 4 heteroatoms. The SMILES string of the molecule is c1ccc(-c2cc(-c3ccccc3)nc(-n3c4ccc5sc6ccccc6c5c4c4c5ccccc5c5ccccc5c43)n2)cc1. The molecule has 0 bridgehead atoms. The highest BCUT2D eigenvalue weighted by atomic mass is 32.1. The van der Waals surface area contributed by atoms with Crippen LogP contribution in [0, 0.1) is 0 Å². The van der Waals surface area contributed by atoms with Crippen LogP contribution in [0.5, 0.6) is 0 Å². The Balaban J connectivity index is 1.46. The van der Waals surface area contributed by atoms with Crippen molar-refractivity contribution < 1.29 is 0 Å². The van der Waals surface area contributed by atoms with E-state index >= 15 is 0 Å². The predicted molar refractivity (Wildman–Crippen MR) is 195 cm³/mol. The Hall–Kier alpha value is -5.84. The van der Waals surface area contributed by atoms with E-state index in [1.807, 2.05) is 23.5 Å². The summed E-state index contributed by atoms with van der Waals surface area (Å²) < 4.78 is 4.91. The van der Waals surface area contributed by atoms with E-state index in [-0.39, 0.29) is 0 Å². The van der Waals surface area contributed by atoms with E-state index in [4.69, 9.17) is 9.97 Å². The van der Waals surface area contributed by atoms with Crippen LogP contribution in [0.25, 0.3) is 92.0 Å². The van der Waals surface area contributed by atoms with Crippen LogP contribution in [0.3, 0.4) is 0 Å². The normalized spacial score (nSPS) is 11.9. The van der Waals surface area contributed by atoms with Gasteiger partial charge >= 0.3 is 0 Å². The van der Waals surface area contributed by atoms with Crippen LogP contribution >= 0.6 is 11.3 Å². The first-order valence-corrected chi connectivity index (χ1v) is 16.3. The molecule has 0 saturated heterocycles. The summed E-state index contributed by atoms with van der Waals surface area (Å²) in [5.74, 6) is 0.666. The molecule has 0 aliphatic rings. The highest BCUT2D eigenvalue weighted by Crippen LogP contribution is 2.47. The molecule has 3 heterocycles. The van der Waals surface area contributed by atoms with Crippen LogP contribution in [-0.4, -0.2) is 14.5 Å². The standard InChI is InChI=1S/C42H25N3S/c1-3-13-26(14-4-1)33-25-34(27-15-5-2-6-16-27)44-42(43-33)45-35-23-24-37-38(32-21-11-12-22-36(32)46-37)40(35)39-30-19-9-7-17-28(30)29-18-8-10-20-31(29)41(39)45/h1-25H. The number of nitrogens with zero attached hydrogens (tertiary/aromatic N) is 3. The molecule has 0 aliphatic carbocycles. The summed E-state index contributed by atoms with van der Waals surface area (Å²) in [5.41, 5.74) is 6.16. The minimum atomic E-state index is 0.666. The lowest BCUT2D eigenvalue weighted by Gasteiger charge is -2.13. The molecule has 46 heavy (non-hydrogen) atoms. The average molecular weight is 604 g/mol. The molecule has 7 aromatic carbocycles. The molecule has 3 nitrogen and oxygen atoms in total. The molecule has 0 aliphatic heterocycles. The van der Waals surface area contributed by atoms with Crippen LogP contribution in [0.1, 0.15) is 0 Å². The second kappa shape index (κ2) is 9.83. The third-order valence-electron chi connectivity index (χ3n) is 9.19. The Morgan fingerprint density at radius 3 is 1.63 bits per heavy atom. The molecule has 0 fully saturated rings. The minimum Gasteiger partial charge on any atom is -0.277 e. The van der Waals surface area contributed by atoms with E-state index in [1.54, 1.807) is 0 Å². The zero-order valence-electron chi connectivity index (χ0n) is 24.7. The molecule has 0 spiro atoms. The lowest BCUT2D eigenvalue weighted by molar-refractivity contribution is 0.998. The quantitative estimate of drug-likeness (QED) is 0.188. The number of thiophene rings is 1. The second-order valence-corrected chi connectivity index (χ2v) is 12.8. The Labute approximate surface area is 268 Å². The fourth-order valence-electron chi connectivity index (χ4n) is 7.23. The summed E-state index contributed by atoms with van der Waals surface area (Å²) in [6, 6.07) is 53.9. The molecule has 0 unspecified atom stereocenters. The molecule has 0 amide bonds. The van der Waals surface area contributed by atoms with Crippen LogP contribution in [0.2, 0.25) is 0 Å². The first-order chi connectivity index (χ1) is 22.8. The van der Waals surface area contributed by atoms with E-state index in [2.05, 4.69) is 144 Å². The molecule has 10 rings (SSSR count). The van der Waals surface area contributed by atoms with Crippen LogP contribution in [-0.2, 0) is 0 Å². The predicted octanol–water partition coefficient (Wildman–Crippen LogP) is 11.6. The van der Waals surface area contributed by atoms with Crippen molar-refractivity contribution in [1.82, 2.24) is 14.5 Å². The van der Waals surface area contributed by atoms with Crippen LogP contribution < -0.4 is 0 Å². The second-order valence-electron chi connectivity index (χ2n) is 11.8. The fraction of sp³-hybridized carbons (Fsp3) is 0. The van der Waals surface area contributed by atoms with Gasteiger partial charge in [0.25, 0.3) is 0 Å². The number of hydrogen-bond donors (Lipinski definition) is 0. The summed E-state index contributed by atoms with van der Waals surface area (Å²) >= 11 is 1.86. The molecule has 0 N–H and O–H groups in total. The topological polar surface area (TPSA) is 30.7 Å². The van der Waals surface area contributed by atoms with Gasteiger partial charge in [0.1, 0.15) is 0 Å². The van der Waals surface area contributed by atoms with Crippen molar-refractivity contribution in [3.8, 4) is 28.5 Å². The molecule has 214 valence electrons. The third kappa shape index (κ3) is 3.65. The lowest BCUT2D eigenvalue weighted by Crippen LogP contribution is -2.04. The maximum absolute atomic E-state index is 5.34. The van der Waals surface area contributed by atoms with Gasteiger partial charge < -0.3 is 0 Å². The summed E-state index contributed by atoms with van der Waals surface area (Å²) in [7, 11) is 0. The Bertz CT molecular complexity index is 2740. The fourth-order valence-corrected chi connectivity index (χ4v) is 8.34. The van der Waals surface area contributed by atoms with Crippen molar-refractivity contribution >= 4 is 74.9 Å². The van der Waals surface area contributed by atoms with Crippen LogP contribution in [0.4, 0.5) is 0 Å². The summed E-state index contributed by atoms with van der Waals surface area (Å²) in [6.45, 7) is 0. The van der Waals surface area contributed by atoms with Gasteiger partial charge in [-0.15, -0.1) is 11.3 Å². The summed E-state index contributed by atoms with van der Waals surface area (Å²) in [5, 5.41) is 9.99. The van der Waals surface area contributed by atoms with Gasteiger partial charge in [0.05, 0.1) is 22.4 Å². The molecule has 0 radical (unpaired) electrons. The van der Waals surface area contributed by atoms with Crippen LogP contribution in [0.15, 0.2) is 152 Å². The minimum absolute atomic E-state index is 0.666. The van der Waals surface area contributed by atoms with Gasteiger partial charge in [0, 0.05) is 47.5 Å². The van der Waals surface area contributed by atoms with Crippen molar-refractivity contribution in [2.75, 3.05) is 0 Å². The summed E-state index contributed by atoms with van der Waals surface area (Å²) in [6.07, 6.45) is 0. The number of fused-ring (bicyclic) bond motifs is 12. The van der Waals surface area contributed by atoms with E-state index in [0.717, 1.165) is 33.5 Å². The molecular formula is C42H25N3S. The Morgan fingerprint density at radius 1 is 0.413 bits per heavy atom. The van der Waals surface area contributed by atoms with Crippen molar-refractivity contribution in [1.29, 1.82) is 0 Å². The Morgan fingerprint density at radius 2 is 0.957 bits per heavy atom. The van der Waals surface area contributed by atoms with Gasteiger partial charge in [-0.3, -0.25) is 4.57 Å². The zero-order chi connectivity index (χ0) is 30.2. The molecule has 0 atom stereocenters. The third-order valence-corrected chi connectivity index (χ3v) is 10.3. The first-order valence-electron chi connectivity index (χ1n) is 15.5. The highest BCUT2D eigenvalue weighted by Gasteiger charge is 2.24. The number of aromatic nitrogens is 3. The van der Waals surface area contributed by atoms with Crippen molar-refractivity contribution in [3.63, 3.8) is 0 Å². The Kier molecular flexibility index (Phi) is 5.45. The van der Waals surface area contributed by atoms with Gasteiger partial charge in [-0.2, -0.15) is 0 Å². The molecule has 3 aromatic heterocycles. The molecule has 0 saturated carbocycles. The largest absolute Gasteiger partial charge is 0.277 e. The number of hydrogen-bond acceptors (Lipinski definition) is 3. The number of rotatable bonds is 3. The van der Waals surface area contributed by atoms with Gasteiger partial charge in [0.15, 0.2) is 0 Å². The van der Waals surface area contributed by atoms with Gasteiger partial charge in [-0.25, -0.2) is 9.97 Å². The first kappa shape index (κ1) is 25.5. The van der Waals surface area contributed by atoms with Crippen molar-refractivity contribution in [2.45, 2.75) is 0 Å². The molecule has 10 aromatic rings. The zero-order valence-corrected chi connectivity index (χ0v) is 25.5. The number of benzene rings is 7. The monoisotopic (exact) mass is 603 g/mol. The van der Waals surface area contributed by atoms with Gasteiger partial charge in [0.2, 0.25) is 5.95 Å². The van der Waals surface area contributed by atoms with Crippen molar-refractivity contribution in [3.05, 3.63) is 152 Å². The maximum atomic E-state index is 5.34.